The van der Waals surface area contributed by atoms with Crippen molar-refractivity contribution in [2.24, 2.45) is 23.5 Å². The Morgan fingerprint density at radius 2 is 0.857 bits per heavy atom. The average Bonchev–Trinajstić information content (AvgIpc) is 1.81. The molecule has 47 heteroatoms. The zero-order chi connectivity index (χ0) is 83.6. The molecule has 0 unspecified atom stereocenters. The Labute approximate surface area is 719 Å². The summed E-state index contributed by atoms with van der Waals surface area (Å²) in [6.07, 6.45) is 7.08. The number of hydrogen-bond donors (Lipinski definition) is 6. The van der Waals surface area contributed by atoms with E-state index in [0.717, 1.165) is 63.3 Å². The van der Waals surface area contributed by atoms with Gasteiger partial charge in [0.15, 0.2) is 0 Å². The van der Waals surface area contributed by atoms with Crippen molar-refractivity contribution < 1.29 is 114 Å². The molecule has 0 aliphatic heterocycles. The van der Waals surface area contributed by atoms with Crippen LogP contribution in [0.25, 0.3) is 0 Å². The Hall–Kier alpha value is -7.74. The molecule has 3 amide bonds. The summed E-state index contributed by atoms with van der Waals surface area (Å²) in [7, 11) is 53.0. The maximum Gasteiger partial charge on any atom is 1.00 e. The molecule has 549 valence electrons. The summed E-state index contributed by atoms with van der Waals surface area (Å²) < 4.78 is 28.9. The summed E-state index contributed by atoms with van der Waals surface area (Å²) in [5.41, 5.74) is 13.3. The smallest absolute Gasteiger partial charge is 0.850 e. The van der Waals surface area contributed by atoms with Crippen LogP contribution in [-0.4, -0.2) is 197 Å². The molecule has 3 aliphatic carbocycles. The first kappa shape index (κ1) is 100. The summed E-state index contributed by atoms with van der Waals surface area (Å²) in [4.78, 5) is 79.6. The summed E-state index contributed by atoms with van der Waals surface area (Å²) in [6, 6.07) is 31.1. The zero-order valence-electron chi connectivity index (χ0n) is 63.3. The Morgan fingerprint density at radius 1 is 0.527 bits per heavy atom. The van der Waals surface area contributed by atoms with E-state index in [1.165, 1.54) is 62.0 Å². The van der Waals surface area contributed by atoms with E-state index in [9.17, 15) is 54.2 Å². The van der Waals surface area contributed by atoms with Gasteiger partial charge in [0.05, 0.1) is 33.0 Å². The van der Waals surface area contributed by atoms with E-state index in [2.05, 4.69) is 30.6 Å². The molecule has 0 bridgehead atoms. The number of halogens is 3. The third kappa shape index (κ3) is 39.3. The van der Waals surface area contributed by atoms with Crippen LogP contribution in [-0.2, 0) is 14.4 Å². The van der Waals surface area contributed by atoms with Crippen molar-refractivity contribution in [1.82, 2.24) is 19.9 Å². The fourth-order valence-corrected chi connectivity index (χ4v) is 9.39. The quantitative estimate of drug-likeness (QED) is 0.0195. The third-order valence-electron chi connectivity index (χ3n) is 15.2. The van der Waals surface area contributed by atoms with Crippen LogP contribution in [0.15, 0.2) is 146 Å². The number of nitro benzene ring substituents is 3. The van der Waals surface area contributed by atoms with Gasteiger partial charge >= 0.3 is 51.4 Å². The number of primary amides is 1. The third-order valence-corrected chi connectivity index (χ3v) is 15.6. The maximum atomic E-state index is 12.0. The topological polar surface area (TPSA) is 399 Å². The second kappa shape index (κ2) is 50.5. The minimum atomic E-state index is -0.796. The van der Waals surface area contributed by atoms with Crippen molar-refractivity contribution in [3.05, 3.63) is 215 Å². The van der Waals surface area contributed by atoms with E-state index in [4.69, 9.17) is 129 Å². The molecule has 0 spiro atoms. The molecule has 19 radical (unpaired) electrons. The van der Waals surface area contributed by atoms with Gasteiger partial charge < -0.3 is 51.6 Å². The average molecular weight is 1560 g/mol. The molecule has 26 nitrogen and oxygen atoms in total. The van der Waals surface area contributed by atoms with Gasteiger partial charge in [-0.15, -0.1) is 5.60 Å². The first-order valence-electron chi connectivity index (χ1n) is 33.9. The number of carbonyl (C=O) groups is 3. The monoisotopic (exact) mass is 1560 g/mol. The standard InChI is InChI=1S/C16H15N3O4.C16H17N3O2.C12H9ClN2O3.C7H7NO3.C5H3ClFN.C4H7NO.C4H9O.CH4O.B17.K/c1-10-2-5-12(8-14(10)19(21)22)23-13-6-7-17-15(9-13)18-16(20)11-3-4-11;1-10-2-5-12(8-14(10)17)21-13-6-7-18-15(9-13)19-16(20)11-3-4-11;1-8-2-3-9(6-11(8)15(16)17)18-10-4-5-14-12(13)7-10;1-5-2-3-6(9)4-7(5)8(10)11;6-5-3-4(7)1-2-8-5;5-4(6)3-1-2-3;1-4(2,3)5;1-2;1-10-15(11(2)3)17(14(8)9)16(12(4)5)13(6)7;/h2,5-9,11H,3-4H2,1H3,(H,17,18,20);2,5-9,11H,3-4,17H2,1H3,(H,18,19,20);2-7H,1H3;2-4,9H,1H3;1-3H;3H,1-2H2,(H2,5,6);1-3H3;2H,1H3;;/q;;;;;;-1;;;+1. The van der Waals surface area contributed by atoms with E-state index < -0.39 is 65.1 Å². The van der Waals surface area contributed by atoms with Crippen molar-refractivity contribution in [2.75, 3.05) is 23.5 Å². The number of hydrogen-bond acceptors (Lipinski definition) is 20. The van der Waals surface area contributed by atoms with Gasteiger partial charge in [0.25, 0.3) is 17.1 Å². The van der Waals surface area contributed by atoms with Gasteiger partial charge in [0, 0.05) is 224 Å². The molecule has 4 aromatic heterocycles. The second-order valence-corrected chi connectivity index (χ2v) is 26.7. The van der Waals surface area contributed by atoms with Crippen LogP contribution < -0.4 is 92.8 Å². The number of anilines is 3. The fraction of sp³-hybridized carbons (Fsp3) is 0.277. The number of nitrogens with zero attached hydrogens (tertiary/aromatic N) is 7. The number of aromatic hydroxyl groups is 1. The van der Waals surface area contributed by atoms with Crippen LogP contribution in [0.4, 0.5) is 38.8 Å². The molecule has 8 aromatic rings. The van der Waals surface area contributed by atoms with Gasteiger partial charge in [-0.3, -0.25) is 44.7 Å². The van der Waals surface area contributed by atoms with Gasteiger partial charge in [-0.25, -0.2) is 24.3 Å². The summed E-state index contributed by atoms with van der Waals surface area (Å²) >= 11 is 11.0. The number of ether oxygens (including phenoxy) is 3. The van der Waals surface area contributed by atoms with E-state index in [1.807, 2.05) is 19.1 Å². The zero-order valence-corrected chi connectivity index (χ0v) is 67.9. The van der Waals surface area contributed by atoms with Gasteiger partial charge in [-0.05, 0) is 139 Å². The first-order chi connectivity index (χ1) is 52.1. The molecule has 0 saturated heterocycles. The van der Waals surface area contributed by atoms with Crippen LogP contribution in [0.5, 0.6) is 40.2 Å². The van der Waals surface area contributed by atoms with Gasteiger partial charge in [-0.2, -0.15) is 0 Å². The first-order valence-corrected chi connectivity index (χ1v) is 34.7. The number of phenolic OH excluding ortho intramolecular Hbond substituents is 1. The minimum absolute atomic E-state index is 0. The van der Waals surface area contributed by atoms with Crippen molar-refractivity contribution in [3.8, 4) is 40.2 Å². The van der Waals surface area contributed by atoms with Crippen molar-refractivity contribution in [1.29, 1.82) is 0 Å². The largest absolute Gasteiger partial charge is 1.00 e. The van der Waals surface area contributed by atoms with Crippen LogP contribution >= 0.6 is 23.2 Å². The molecule has 4 aromatic carbocycles. The van der Waals surface area contributed by atoms with E-state index in [-0.39, 0.29) is 121 Å². The predicted octanol–water partition coefficient (Wildman–Crippen LogP) is 3.94. The maximum absolute atomic E-state index is 12.0. The van der Waals surface area contributed by atoms with Crippen molar-refractivity contribution in [2.45, 2.75) is 92.6 Å². The molecule has 8 N–H and O–H groups in total. The summed E-state index contributed by atoms with van der Waals surface area (Å²) in [5, 5.41) is 64.0. The SMILES string of the molecule is CC(C)(C)[O-].CO.Cc1ccc(O)cc1[N+](=O)[O-].Cc1ccc(Oc2ccnc(Cl)c2)cc1[N+](=O)[O-].Cc1ccc(Oc2ccnc(NC(=O)C3CC3)c2)cc1N.Cc1ccc(Oc2ccnc(NC(=O)C3CC3)c2)cc1[N+](=O)[O-].Fc1ccnc(Cl)c1.NC(=O)C1CC1.[B][B]B(B([B])[B])B(B([B])[B])B(B([B])[B])B([B])[B].[K+]. The molecule has 4 heterocycles. The van der Waals surface area contributed by atoms with Crippen LogP contribution in [0.1, 0.15) is 81.5 Å². The second-order valence-electron chi connectivity index (χ2n) is 25.9. The van der Waals surface area contributed by atoms with Crippen LogP contribution in [0.3, 0.4) is 0 Å². The number of carbonyl (C=O) groups excluding carboxylic acids is 3. The number of phenols is 1. The number of pyridine rings is 4. The number of nitro groups is 3. The number of amides is 3. The minimum Gasteiger partial charge on any atom is -0.850 e. The van der Waals surface area contributed by atoms with Gasteiger partial charge in [0.2, 0.25) is 17.7 Å². The molecule has 11 rings (SSSR count). The van der Waals surface area contributed by atoms with Gasteiger partial charge in [-0.1, -0.05) is 50.0 Å². The number of nitrogen functional groups attached to an aromatic ring is 1. The summed E-state index contributed by atoms with van der Waals surface area (Å²) in [6.45, 7) is 11.8. The van der Waals surface area contributed by atoms with Crippen LogP contribution in [0.2, 0.25) is 10.3 Å². The Balaban J connectivity index is 0.000000449. The molecular formula is C65H71B17Cl2FKN11O15. The molecule has 3 fully saturated rings. The van der Waals surface area contributed by atoms with E-state index in [1.54, 1.807) is 108 Å². The van der Waals surface area contributed by atoms with Crippen molar-refractivity contribution in [3.63, 3.8) is 0 Å². The molecular weight excluding hydrogens is 1490 g/mol. The Bertz CT molecular complexity index is 4340. The Morgan fingerprint density at radius 3 is 1.15 bits per heavy atom. The normalized spacial score (nSPS) is 11.6. The van der Waals surface area contributed by atoms with Gasteiger partial charge in [0.1, 0.15) is 68.0 Å². The number of benzene rings is 4. The molecule has 0 atom stereocenters. The number of rotatable bonds is 21. The number of aryl methyl sites for hydroxylation is 4. The fourth-order valence-electron chi connectivity index (χ4n) is 9.06. The number of aliphatic hydroxyl groups excluding tert-OH is 1. The Kier molecular flexibility index (Phi) is 45.2. The number of nitrogens with one attached hydrogen (secondary N) is 2. The number of aliphatic hydroxyl groups is 1. The molecule has 3 saturated carbocycles. The van der Waals surface area contributed by atoms with Crippen molar-refractivity contribution >= 4 is 197 Å². The number of nitrogens with two attached hydrogens (primary N) is 2. The summed E-state index contributed by atoms with van der Waals surface area (Å²) in [5.74, 6) is 3.73. The molecule has 112 heavy (non-hydrogen) atoms. The van der Waals surface area contributed by atoms with E-state index >= 15 is 0 Å². The van der Waals surface area contributed by atoms with E-state index in [0.29, 0.717) is 73.7 Å². The number of aromatic nitrogens is 4. The predicted molar refractivity (Wildman–Crippen MR) is 448 cm³/mol. The van der Waals surface area contributed by atoms with Crippen LogP contribution in [0, 0.1) is 81.6 Å². The molecule has 3 aliphatic rings.